The minimum Gasteiger partial charge on any atom is -0.378 e. The lowest BCUT2D eigenvalue weighted by Crippen LogP contribution is -2.40. The number of benzene rings is 1. The number of piperidine rings is 1. The highest BCUT2D eigenvalue weighted by Crippen LogP contribution is 2.27. The summed E-state index contributed by atoms with van der Waals surface area (Å²) in [6.07, 6.45) is 4.74. The largest absolute Gasteiger partial charge is 0.378 e. The molecule has 1 aliphatic rings. The van der Waals surface area contributed by atoms with Gasteiger partial charge in [-0.1, -0.05) is 25.5 Å². The third-order valence-corrected chi connectivity index (χ3v) is 4.88. The van der Waals surface area contributed by atoms with Gasteiger partial charge >= 0.3 is 0 Å². The maximum atomic E-state index is 6.16. The molecule has 1 fully saturated rings. The molecule has 24 heavy (non-hydrogen) atoms. The number of hydrogen-bond donors (Lipinski definition) is 2. The van der Waals surface area contributed by atoms with Crippen molar-refractivity contribution in [3.8, 4) is 0 Å². The van der Waals surface area contributed by atoms with Crippen LogP contribution in [0, 0.1) is 0 Å². The van der Waals surface area contributed by atoms with Gasteiger partial charge in [0.1, 0.15) is 0 Å². The van der Waals surface area contributed by atoms with E-state index in [2.05, 4.69) is 69.5 Å². The van der Waals surface area contributed by atoms with E-state index in [1.807, 2.05) is 0 Å². The van der Waals surface area contributed by atoms with Crippen molar-refractivity contribution >= 4 is 5.69 Å². The predicted molar refractivity (Wildman–Crippen MR) is 104 cm³/mol. The van der Waals surface area contributed by atoms with Crippen molar-refractivity contribution < 1.29 is 4.74 Å². The van der Waals surface area contributed by atoms with Crippen molar-refractivity contribution in [2.45, 2.75) is 77.4 Å². The molecule has 1 aromatic rings. The van der Waals surface area contributed by atoms with Gasteiger partial charge in [0.15, 0.2) is 0 Å². The summed E-state index contributed by atoms with van der Waals surface area (Å²) in [6.45, 7) is 14.0. The Hall–Kier alpha value is -1.06. The zero-order valence-corrected chi connectivity index (χ0v) is 16.2. The summed E-state index contributed by atoms with van der Waals surface area (Å²) < 4.78 is 6.16. The molecule has 0 saturated carbocycles. The van der Waals surface area contributed by atoms with Crippen LogP contribution in [0.1, 0.15) is 71.8 Å². The van der Waals surface area contributed by atoms with E-state index in [9.17, 15) is 0 Å². The molecule has 0 aromatic heterocycles. The summed E-state index contributed by atoms with van der Waals surface area (Å²) in [5.74, 6) is 0.714. The van der Waals surface area contributed by atoms with E-state index < -0.39 is 0 Å². The van der Waals surface area contributed by atoms with Crippen molar-refractivity contribution in [3.05, 3.63) is 29.8 Å². The van der Waals surface area contributed by atoms with Gasteiger partial charge in [0.05, 0.1) is 17.7 Å². The molecule has 0 spiro atoms. The van der Waals surface area contributed by atoms with Gasteiger partial charge in [-0.3, -0.25) is 0 Å². The van der Waals surface area contributed by atoms with Gasteiger partial charge in [0.2, 0.25) is 0 Å². The van der Waals surface area contributed by atoms with E-state index in [-0.39, 0.29) is 11.1 Å². The number of hydrogen-bond acceptors (Lipinski definition) is 3. The normalized spacial score (nSPS) is 17.0. The molecule has 1 saturated heterocycles. The lowest BCUT2D eigenvalue weighted by atomic mass is 9.90. The van der Waals surface area contributed by atoms with Crippen molar-refractivity contribution in [3.63, 3.8) is 0 Å². The molecule has 136 valence electrons. The highest BCUT2D eigenvalue weighted by Gasteiger charge is 2.24. The molecule has 1 heterocycles. The Bertz CT molecular complexity index is 487. The standard InChI is InChI=1S/C21H36N2O/c1-6-13-21(4,5)24-16-20(2,3)23-19-9-7-17(8-10-19)18-11-14-22-15-12-18/h7-10,18,22-23H,6,11-16H2,1-5H3. The van der Waals surface area contributed by atoms with Crippen molar-refractivity contribution in [2.24, 2.45) is 0 Å². The summed E-state index contributed by atoms with van der Waals surface area (Å²) in [4.78, 5) is 0. The van der Waals surface area contributed by atoms with E-state index in [0.717, 1.165) is 25.9 Å². The molecule has 2 rings (SSSR count). The summed E-state index contributed by atoms with van der Waals surface area (Å²) in [7, 11) is 0. The first-order valence-corrected chi connectivity index (χ1v) is 9.54. The summed E-state index contributed by atoms with van der Waals surface area (Å²) in [5, 5.41) is 7.06. The van der Waals surface area contributed by atoms with Crippen molar-refractivity contribution in [1.82, 2.24) is 5.32 Å². The number of rotatable bonds is 8. The third kappa shape index (κ3) is 6.10. The zero-order chi connectivity index (χ0) is 17.6. The second-order valence-corrected chi connectivity index (χ2v) is 8.45. The Morgan fingerprint density at radius 1 is 1.08 bits per heavy atom. The van der Waals surface area contributed by atoms with Crippen molar-refractivity contribution in [2.75, 3.05) is 25.0 Å². The summed E-state index contributed by atoms with van der Waals surface area (Å²) >= 11 is 0. The number of anilines is 1. The van der Waals surface area contributed by atoms with E-state index in [1.165, 1.54) is 24.1 Å². The van der Waals surface area contributed by atoms with Crippen LogP contribution in [0.3, 0.4) is 0 Å². The fraction of sp³-hybridized carbons (Fsp3) is 0.714. The highest BCUT2D eigenvalue weighted by atomic mass is 16.5. The first-order valence-electron chi connectivity index (χ1n) is 9.54. The van der Waals surface area contributed by atoms with Crippen LogP contribution >= 0.6 is 0 Å². The molecule has 0 amide bonds. The average Bonchev–Trinajstić information content (AvgIpc) is 2.55. The minimum absolute atomic E-state index is 0.0490. The predicted octanol–water partition coefficient (Wildman–Crippen LogP) is 4.94. The second kappa shape index (κ2) is 8.35. The lowest BCUT2D eigenvalue weighted by molar-refractivity contribution is -0.0387. The molecule has 0 bridgehead atoms. The van der Waals surface area contributed by atoms with Gasteiger partial charge in [-0.15, -0.1) is 0 Å². The fourth-order valence-corrected chi connectivity index (χ4v) is 3.47. The molecular weight excluding hydrogens is 296 g/mol. The first kappa shape index (κ1) is 19.3. The van der Waals surface area contributed by atoms with E-state index in [0.29, 0.717) is 12.5 Å². The molecular formula is C21H36N2O. The first-order chi connectivity index (χ1) is 11.3. The average molecular weight is 333 g/mol. The Kier molecular flexibility index (Phi) is 6.70. The van der Waals surface area contributed by atoms with E-state index >= 15 is 0 Å². The zero-order valence-electron chi connectivity index (χ0n) is 16.2. The van der Waals surface area contributed by atoms with Gasteiger partial charge in [0, 0.05) is 5.69 Å². The van der Waals surface area contributed by atoms with Crippen LogP contribution in [-0.2, 0) is 4.74 Å². The van der Waals surface area contributed by atoms with Gasteiger partial charge in [-0.25, -0.2) is 0 Å². The molecule has 1 aromatic carbocycles. The Labute approximate surface area is 148 Å². The van der Waals surface area contributed by atoms with Gasteiger partial charge < -0.3 is 15.4 Å². The molecule has 0 radical (unpaired) electrons. The Morgan fingerprint density at radius 3 is 2.29 bits per heavy atom. The van der Waals surface area contributed by atoms with Crippen LogP contribution in [0.4, 0.5) is 5.69 Å². The van der Waals surface area contributed by atoms with Gasteiger partial charge in [-0.05, 0) is 83.7 Å². The maximum Gasteiger partial charge on any atom is 0.0698 e. The van der Waals surface area contributed by atoms with Crippen LogP contribution in [0.5, 0.6) is 0 Å². The molecule has 3 nitrogen and oxygen atoms in total. The molecule has 0 unspecified atom stereocenters. The quantitative estimate of drug-likeness (QED) is 0.707. The van der Waals surface area contributed by atoms with Gasteiger partial charge in [0.25, 0.3) is 0 Å². The molecule has 1 aliphatic heterocycles. The Balaban J connectivity index is 1.89. The Morgan fingerprint density at radius 2 is 1.71 bits per heavy atom. The topological polar surface area (TPSA) is 33.3 Å². The summed E-state index contributed by atoms with van der Waals surface area (Å²) in [6, 6.07) is 9.01. The highest BCUT2D eigenvalue weighted by molar-refractivity contribution is 5.47. The summed E-state index contributed by atoms with van der Waals surface area (Å²) in [5.41, 5.74) is 2.52. The lowest BCUT2D eigenvalue weighted by Gasteiger charge is -2.33. The third-order valence-electron chi connectivity index (χ3n) is 4.88. The van der Waals surface area contributed by atoms with Crippen LogP contribution < -0.4 is 10.6 Å². The minimum atomic E-state index is -0.0821. The number of ether oxygens (including phenoxy) is 1. The smallest absolute Gasteiger partial charge is 0.0698 e. The van der Waals surface area contributed by atoms with Crippen LogP contribution in [0.15, 0.2) is 24.3 Å². The van der Waals surface area contributed by atoms with Crippen LogP contribution in [-0.4, -0.2) is 30.8 Å². The van der Waals surface area contributed by atoms with Gasteiger partial charge in [-0.2, -0.15) is 0 Å². The molecule has 0 atom stereocenters. The number of nitrogens with one attached hydrogen (secondary N) is 2. The van der Waals surface area contributed by atoms with E-state index in [4.69, 9.17) is 4.74 Å². The molecule has 3 heteroatoms. The van der Waals surface area contributed by atoms with Crippen molar-refractivity contribution in [1.29, 1.82) is 0 Å². The molecule has 2 N–H and O–H groups in total. The van der Waals surface area contributed by atoms with Crippen LogP contribution in [0.2, 0.25) is 0 Å². The SMILES string of the molecule is CCCC(C)(C)OCC(C)(C)Nc1ccc(C2CCNCC2)cc1. The maximum absolute atomic E-state index is 6.16. The molecule has 0 aliphatic carbocycles. The monoisotopic (exact) mass is 332 g/mol. The second-order valence-electron chi connectivity index (χ2n) is 8.45. The van der Waals surface area contributed by atoms with E-state index in [1.54, 1.807) is 0 Å². The van der Waals surface area contributed by atoms with Crippen LogP contribution in [0.25, 0.3) is 0 Å². The fourth-order valence-electron chi connectivity index (χ4n) is 3.47.